The Balaban J connectivity index is 1.94. The Morgan fingerprint density at radius 1 is 1.43 bits per heavy atom. The van der Waals surface area contributed by atoms with Crippen LogP contribution in [0.2, 0.25) is 0 Å². The highest BCUT2D eigenvalue weighted by Gasteiger charge is 2.29. The van der Waals surface area contributed by atoms with Gasteiger partial charge in [0.15, 0.2) is 0 Å². The van der Waals surface area contributed by atoms with Crippen molar-refractivity contribution in [2.45, 2.75) is 19.6 Å². The molecule has 1 aliphatic heterocycles. The van der Waals surface area contributed by atoms with Crippen LogP contribution < -0.4 is 4.74 Å². The Labute approximate surface area is 137 Å². The fourth-order valence-electron chi connectivity index (χ4n) is 3.35. The molecule has 2 aromatic rings. The third-order valence-electron chi connectivity index (χ3n) is 4.96. The van der Waals surface area contributed by atoms with E-state index in [0.717, 1.165) is 41.7 Å². The summed E-state index contributed by atoms with van der Waals surface area (Å²) < 4.78 is 5.31. The van der Waals surface area contributed by atoms with Gasteiger partial charge in [-0.2, -0.15) is 0 Å². The van der Waals surface area contributed by atoms with Gasteiger partial charge in [0.05, 0.1) is 12.6 Å². The molecule has 1 aromatic heterocycles. The number of aliphatic hydroxyl groups is 1. The van der Waals surface area contributed by atoms with Gasteiger partial charge in [-0.15, -0.1) is 6.58 Å². The van der Waals surface area contributed by atoms with Gasteiger partial charge in [-0.25, -0.2) is 0 Å². The molecule has 4 nitrogen and oxygen atoms in total. The number of hydrogen-bond acceptors (Lipinski definition) is 4. The van der Waals surface area contributed by atoms with Crippen molar-refractivity contribution in [3.63, 3.8) is 0 Å². The van der Waals surface area contributed by atoms with E-state index in [9.17, 15) is 5.11 Å². The molecule has 3 atom stereocenters. The van der Waals surface area contributed by atoms with Crippen molar-refractivity contribution in [3.05, 3.63) is 48.7 Å². The first-order chi connectivity index (χ1) is 11.1. The Hall–Kier alpha value is -1.91. The van der Waals surface area contributed by atoms with Crippen molar-refractivity contribution in [3.8, 4) is 5.75 Å². The minimum absolute atomic E-state index is 0.418. The van der Waals surface area contributed by atoms with Crippen molar-refractivity contribution < 1.29 is 9.84 Å². The third kappa shape index (κ3) is 3.09. The molecule has 23 heavy (non-hydrogen) atoms. The second-order valence-electron chi connectivity index (χ2n) is 6.32. The number of likely N-dealkylation sites (tertiary alicyclic amines) is 1. The van der Waals surface area contributed by atoms with Crippen molar-refractivity contribution >= 4 is 10.9 Å². The number of rotatable bonds is 4. The average molecular weight is 312 g/mol. The summed E-state index contributed by atoms with van der Waals surface area (Å²) in [4.78, 5) is 6.51. The number of methoxy groups -OCH3 is 1. The first kappa shape index (κ1) is 16.0. The van der Waals surface area contributed by atoms with Crippen LogP contribution in [0.4, 0.5) is 0 Å². The lowest BCUT2D eigenvalue weighted by molar-refractivity contribution is -0.0277. The molecular formula is C19H24N2O2. The lowest BCUT2D eigenvalue weighted by atomic mass is 9.86. The zero-order chi connectivity index (χ0) is 16.4. The summed E-state index contributed by atoms with van der Waals surface area (Å²) in [6.45, 7) is 7.91. The molecule has 3 rings (SSSR count). The molecule has 0 amide bonds. The Bertz CT molecular complexity index is 701. The predicted molar refractivity (Wildman–Crippen MR) is 92.3 cm³/mol. The minimum atomic E-state index is -0.637. The van der Waals surface area contributed by atoms with Gasteiger partial charge in [-0.3, -0.25) is 9.88 Å². The number of aromatic nitrogens is 1. The molecule has 1 aliphatic rings. The number of aliphatic hydroxyl groups excluding tert-OH is 1. The number of fused-ring (bicyclic) bond motifs is 1. The molecule has 1 fully saturated rings. The molecule has 0 saturated carbocycles. The molecular weight excluding hydrogens is 288 g/mol. The molecule has 2 unspecified atom stereocenters. The van der Waals surface area contributed by atoms with Crippen molar-refractivity contribution in [1.29, 1.82) is 0 Å². The molecule has 1 saturated heterocycles. The number of pyridine rings is 1. The smallest absolute Gasteiger partial charge is 0.134 e. The van der Waals surface area contributed by atoms with Gasteiger partial charge >= 0.3 is 0 Å². The van der Waals surface area contributed by atoms with E-state index in [1.807, 2.05) is 30.3 Å². The standard InChI is InChI=1S/C19H24N2O2/c1-4-14-12-21(10-8-13(14)2)19(22)16-7-9-20-18-6-5-15(23-3)11-17(16)18/h4-7,9,11,13-14,19,22H,1,8,10,12H2,2-3H3/t13?,14?,19-/m1/s1. The summed E-state index contributed by atoms with van der Waals surface area (Å²) in [5.41, 5.74) is 1.75. The van der Waals surface area contributed by atoms with E-state index in [4.69, 9.17) is 4.74 Å². The minimum Gasteiger partial charge on any atom is -0.497 e. The quantitative estimate of drug-likeness (QED) is 0.879. The molecule has 2 heterocycles. The van der Waals surface area contributed by atoms with Crippen molar-refractivity contribution in [2.75, 3.05) is 20.2 Å². The molecule has 1 aromatic carbocycles. The molecule has 0 radical (unpaired) electrons. The van der Waals surface area contributed by atoms with Gasteiger partial charge in [-0.05, 0) is 42.5 Å². The van der Waals surface area contributed by atoms with Crippen LogP contribution in [0.1, 0.15) is 25.1 Å². The van der Waals surface area contributed by atoms with Gasteiger partial charge in [0.1, 0.15) is 12.0 Å². The van der Waals surface area contributed by atoms with Crippen LogP contribution in [-0.2, 0) is 0 Å². The lowest BCUT2D eigenvalue weighted by Crippen LogP contribution is -2.41. The SMILES string of the molecule is C=CC1CN([C@H](O)c2ccnc3ccc(OC)cc23)CCC1C. The number of benzene rings is 1. The van der Waals surface area contributed by atoms with E-state index in [0.29, 0.717) is 11.8 Å². The number of hydrogen-bond donors (Lipinski definition) is 1. The van der Waals surface area contributed by atoms with Gasteiger partial charge in [-0.1, -0.05) is 13.0 Å². The summed E-state index contributed by atoms with van der Waals surface area (Å²) in [5, 5.41) is 11.9. The topological polar surface area (TPSA) is 45.6 Å². The largest absolute Gasteiger partial charge is 0.497 e. The summed E-state index contributed by atoms with van der Waals surface area (Å²) in [5.74, 6) is 1.81. The zero-order valence-electron chi connectivity index (χ0n) is 13.8. The maximum Gasteiger partial charge on any atom is 0.134 e. The lowest BCUT2D eigenvalue weighted by Gasteiger charge is -2.38. The van der Waals surface area contributed by atoms with E-state index in [2.05, 4.69) is 23.4 Å². The van der Waals surface area contributed by atoms with Crippen LogP contribution in [-0.4, -0.2) is 35.2 Å². The van der Waals surface area contributed by atoms with E-state index in [1.54, 1.807) is 13.3 Å². The number of ether oxygens (including phenoxy) is 1. The summed E-state index contributed by atoms with van der Waals surface area (Å²) >= 11 is 0. The predicted octanol–water partition coefficient (Wildman–Crippen LogP) is 3.38. The van der Waals surface area contributed by atoms with Gasteiger partial charge in [0, 0.05) is 30.2 Å². The second-order valence-corrected chi connectivity index (χ2v) is 6.32. The van der Waals surface area contributed by atoms with Crippen LogP contribution in [0.3, 0.4) is 0 Å². The highest BCUT2D eigenvalue weighted by atomic mass is 16.5. The van der Waals surface area contributed by atoms with E-state index in [1.165, 1.54) is 0 Å². The maximum absolute atomic E-state index is 10.9. The average Bonchev–Trinajstić information content (AvgIpc) is 2.60. The molecule has 1 N–H and O–H groups in total. The van der Waals surface area contributed by atoms with Crippen LogP contribution in [0.15, 0.2) is 43.1 Å². The molecule has 0 bridgehead atoms. The second kappa shape index (κ2) is 6.69. The Morgan fingerprint density at radius 2 is 2.26 bits per heavy atom. The van der Waals surface area contributed by atoms with Crippen LogP contribution in [0.5, 0.6) is 5.75 Å². The first-order valence-corrected chi connectivity index (χ1v) is 8.11. The fourth-order valence-corrected chi connectivity index (χ4v) is 3.35. The Morgan fingerprint density at radius 3 is 3.00 bits per heavy atom. The third-order valence-corrected chi connectivity index (χ3v) is 4.96. The highest BCUT2D eigenvalue weighted by molar-refractivity contribution is 5.83. The Kier molecular flexibility index (Phi) is 4.64. The molecule has 0 spiro atoms. The number of nitrogens with zero attached hydrogens (tertiary/aromatic N) is 2. The van der Waals surface area contributed by atoms with Crippen LogP contribution >= 0.6 is 0 Å². The molecule has 122 valence electrons. The van der Waals surface area contributed by atoms with Crippen molar-refractivity contribution in [1.82, 2.24) is 9.88 Å². The van der Waals surface area contributed by atoms with Gasteiger partial charge in [0.25, 0.3) is 0 Å². The van der Waals surface area contributed by atoms with Gasteiger partial charge < -0.3 is 9.84 Å². The summed E-state index contributed by atoms with van der Waals surface area (Å²) in [6.07, 6.45) is 4.20. The van der Waals surface area contributed by atoms with Crippen molar-refractivity contribution in [2.24, 2.45) is 11.8 Å². The summed E-state index contributed by atoms with van der Waals surface area (Å²) in [7, 11) is 1.65. The maximum atomic E-state index is 10.9. The highest BCUT2D eigenvalue weighted by Crippen LogP contribution is 2.32. The summed E-state index contributed by atoms with van der Waals surface area (Å²) in [6, 6.07) is 7.66. The zero-order valence-corrected chi connectivity index (χ0v) is 13.8. The van der Waals surface area contributed by atoms with E-state index in [-0.39, 0.29) is 0 Å². The fraction of sp³-hybridized carbons (Fsp3) is 0.421. The number of piperidine rings is 1. The normalized spacial score (nSPS) is 23.6. The first-order valence-electron chi connectivity index (χ1n) is 8.11. The molecule has 4 heteroatoms. The van der Waals surface area contributed by atoms with E-state index < -0.39 is 6.23 Å². The van der Waals surface area contributed by atoms with E-state index >= 15 is 0 Å². The van der Waals surface area contributed by atoms with Crippen LogP contribution in [0.25, 0.3) is 10.9 Å². The van der Waals surface area contributed by atoms with Crippen LogP contribution in [0, 0.1) is 11.8 Å². The van der Waals surface area contributed by atoms with Gasteiger partial charge in [0.2, 0.25) is 0 Å². The monoisotopic (exact) mass is 312 g/mol. The molecule has 0 aliphatic carbocycles.